The summed E-state index contributed by atoms with van der Waals surface area (Å²) in [6.07, 6.45) is 3.24. The Balaban J connectivity index is 1.33. The molecule has 0 saturated carbocycles. The van der Waals surface area contributed by atoms with E-state index in [1.165, 1.54) is 22.6 Å². The van der Waals surface area contributed by atoms with Crippen LogP contribution >= 0.6 is 11.6 Å². The van der Waals surface area contributed by atoms with E-state index in [2.05, 4.69) is 15.0 Å². The van der Waals surface area contributed by atoms with Gasteiger partial charge < -0.3 is 29.5 Å². The first kappa shape index (κ1) is 36.7. The molecule has 16 heteroatoms. The van der Waals surface area contributed by atoms with Crippen molar-refractivity contribution < 1.29 is 32.6 Å². The van der Waals surface area contributed by atoms with Gasteiger partial charge in [-0.2, -0.15) is 0 Å². The lowest BCUT2D eigenvalue weighted by Gasteiger charge is -2.40. The van der Waals surface area contributed by atoms with Crippen LogP contribution in [-0.2, 0) is 14.8 Å². The fourth-order valence-electron chi connectivity index (χ4n) is 7.35. The predicted octanol–water partition coefficient (Wildman–Crippen LogP) is 5.55. The van der Waals surface area contributed by atoms with Crippen molar-refractivity contribution in [2.45, 2.75) is 64.5 Å². The van der Waals surface area contributed by atoms with Crippen molar-refractivity contribution in [3.63, 3.8) is 0 Å². The molecule has 2 aromatic rings. The molecule has 3 aliphatic heterocycles. The second-order valence-corrected chi connectivity index (χ2v) is 16.8. The van der Waals surface area contributed by atoms with Gasteiger partial charge in [-0.3, -0.25) is 5.32 Å². The van der Waals surface area contributed by atoms with Crippen LogP contribution < -0.4 is 5.32 Å². The van der Waals surface area contributed by atoms with Crippen LogP contribution in [0, 0.1) is 17.8 Å². The second kappa shape index (κ2) is 14.7. The first-order chi connectivity index (χ1) is 23.0. The highest BCUT2D eigenvalue weighted by Gasteiger charge is 2.44. The number of piperidine rings is 2. The highest BCUT2D eigenvalue weighted by Crippen LogP contribution is 2.43. The zero-order valence-electron chi connectivity index (χ0n) is 28.8. The number of hydrogen-bond acceptors (Lipinski definition) is 7. The van der Waals surface area contributed by atoms with Crippen LogP contribution in [0.15, 0.2) is 24.3 Å². The van der Waals surface area contributed by atoms with E-state index in [1.54, 1.807) is 24.3 Å². The quantitative estimate of drug-likeness (QED) is 0.334. The molecule has 2 atom stereocenters. The highest BCUT2D eigenvalue weighted by atomic mass is 35.5. The summed E-state index contributed by atoms with van der Waals surface area (Å²) >= 11 is 6.68. The van der Waals surface area contributed by atoms with Gasteiger partial charge in [0, 0.05) is 56.1 Å². The minimum absolute atomic E-state index is 0.0854. The number of likely N-dealkylation sites (tertiary alicyclic amines) is 2. The zero-order chi connectivity index (χ0) is 35.7. The standard InChI is InChI=1S/C33H48ClN7O7S/c1-33(2,3)41(32(44)45)19-21-10-14-38(15-11-21)31(43)40-20-24(22-12-16-39(17-13-22)49(5,46)47)18-26(40)29-36-27(28(34)37-29)23-6-8-25(9-7-23)35-30(42)48-4/h6-9,21-22,24,26H,10-20H2,1-5H3,(H,35,42)(H,36,37)(H,44,45)/t24-,26-/m0/s1. The van der Waals surface area contributed by atoms with Gasteiger partial charge in [-0.1, -0.05) is 23.7 Å². The van der Waals surface area contributed by atoms with Gasteiger partial charge in [0.15, 0.2) is 5.15 Å². The molecule has 49 heavy (non-hydrogen) atoms. The van der Waals surface area contributed by atoms with Crippen molar-refractivity contribution in [3.05, 3.63) is 35.2 Å². The first-order valence-electron chi connectivity index (χ1n) is 16.8. The van der Waals surface area contributed by atoms with E-state index in [1.807, 2.05) is 30.6 Å². The molecule has 3 N–H and O–H groups in total. The molecule has 1 aromatic heterocycles. The lowest BCUT2D eigenvalue weighted by Crippen LogP contribution is -2.51. The molecular formula is C33H48ClN7O7S. The summed E-state index contributed by atoms with van der Waals surface area (Å²) in [5, 5.41) is 12.7. The third kappa shape index (κ3) is 8.61. The average Bonchev–Trinajstić information content (AvgIpc) is 3.67. The molecule has 3 fully saturated rings. The van der Waals surface area contributed by atoms with E-state index in [0.29, 0.717) is 75.7 Å². The van der Waals surface area contributed by atoms with Crippen LogP contribution in [0.1, 0.15) is 64.7 Å². The zero-order valence-corrected chi connectivity index (χ0v) is 30.4. The summed E-state index contributed by atoms with van der Waals surface area (Å²) in [6.45, 7) is 8.59. The predicted molar refractivity (Wildman–Crippen MR) is 186 cm³/mol. The number of methoxy groups -OCH3 is 1. The maximum atomic E-state index is 14.2. The number of imidazole rings is 1. The number of nitrogens with zero attached hydrogens (tertiary/aromatic N) is 5. The first-order valence-corrected chi connectivity index (χ1v) is 19.0. The number of halogens is 1. The van der Waals surface area contributed by atoms with Crippen molar-refractivity contribution in [3.8, 4) is 11.3 Å². The number of nitrogens with one attached hydrogen (secondary N) is 2. The number of carbonyl (C=O) groups excluding carboxylic acids is 2. The van der Waals surface area contributed by atoms with Crippen LogP contribution in [0.2, 0.25) is 5.15 Å². The molecule has 3 saturated heterocycles. The number of rotatable bonds is 7. The lowest BCUT2D eigenvalue weighted by molar-refractivity contribution is 0.0729. The van der Waals surface area contributed by atoms with Crippen molar-refractivity contribution in [2.75, 3.05) is 58.0 Å². The molecule has 4 amide bonds. The van der Waals surface area contributed by atoms with Gasteiger partial charge in [0.05, 0.1) is 25.1 Å². The molecule has 4 heterocycles. The van der Waals surface area contributed by atoms with E-state index in [0.717, 1.165) is 18.4 Å². The number of sulfonamides is 1. The van der Waals surface area contributed by atoms with Crippen molar-refractivity contribution >= 4 is 45.5 Å². The third-order valence-electron chi connectivity index (χ3n) is 10.2. The molecule has 5 rings (SSSR count). The Hall–Kier alpha value is -3.56. The molecule has 0 radical (unpaired) electrons. The largest absolute Gasteiger partial charge is 0.465 e. The molecule has 0 aliphatic carbocycles. The molecule has 0 spiro atoms. The number of urea groups is 1. The number of aromatic amines is 1. The molecule has 0 unspecified atom stereocenters. The summed E-state index contributed by atoms with van der Waals surface area (Å²) in [4.78, 5) is 51.1. The van der Waals surface area contributed by atoms with E-state index in [9.17, 15) is 27.9 Å². The Morgan fingerprint density at radius 2 is 1.69 bits per heavy atom. The number of amides is 4. The molecule has 14 nitrogen and oxygen atoms in total. The van der Waals surface area contributed by atoms with Gasteiger partial charge in [0.1, 0.15) is 5.82 Å². The molecule has 270 valence electrons. The van der Waals surface area contributed by atoms with E-state index in [4.69, 9.17) is 16.6 Å². The second-order valence-electron chi connectivity index (χ2n) is 14.4. The highest BCUT2D eigenvalue weighted by molar-refractivity contribution is 7.88. The maximum Gasteiger partial charge on any atom is 0.411 e. The number of carbonyl (C=O) groups is 3. The topological polar surface area (TPSA) is 168 Å². The van der Waals surface area contributed by atoms with Crippen LogP contribution in [0.4, 0.5) is 20.1 Å². The lowest BCUT2D eigenvalue weighted by atomic mass is 9.83. The number of aromatic nitrogens is 2. The number of H-pyrrole nitrogens is 1. The van der Waals surface area contributed by atoms with Gasteiger partial charge in [-0.05, 0) is 82.8 Å². The molecule has 3 aliphatic rings. The number of anilines is 1. The molecular weight excluding hydrogens is 674 g/mol. The summed E-state index contributed by atoms with van der Waals surface area (Å²) in [7, 11) is -1.97. The van der Waals surface area contributed by atoms with Gasteiger partial charge in [-0.15, -0.1) is 0 Å². The van der Waals surface area contributed by atoms with Crippen LogP contribution in [0.3, 0.4) is 0 Å². The van der Waals surface area contributed by atoms with Crippen molar-refractivity contribution in [1.82, 2.24) is 29.0 Å². The maximum absolute atomic E-state index is 14.2. The van der Waals surface area contributed by atoms with Crippen LogP contribution in [0.5, 0.6) is 0 Å². The number of carboxylic acid groups (broad SMARTS) is 1. The van der Waals surface area contributed by atoms with Gasteiger partial charge in [0.2, 0.25) is 10.0 Å². The van der Waals surface area contributed by atoms with Crippen LogP contribution in [-0.4, -0.2) is 119 Å². The average molecular weight is 722 g/mol. The molecule has 0 bridgehead atoms. The van der Waals surface area contributed by atoms with E-state index >= 15 is 0 Å². The van der Waals surface area contributed by atoms with Gasteiger partial charge in [0.25, 0.3) is 0 Å². The Labute approximate surface area is 293 Å². The Morgan fingerprint density at radius 1 is 1.06 bits per heavy atom. The number of benzene rings is 1. The van der Waals surface area contributed by atoms with Crippen molar-refractivity contribution in [2.24, 2.45) is 17.8 Å². The Morgan fingerprint density at radius 3 is 2.24 bits per heavy atom. The summed E-state index contributed by atoms with van der Waals surface area (Å²) in [6, 6.07) is 6.62. The SMILES string of the molecule is COC(=O)Nc1ccc(-c2[nH]c([C@@H]3C[C@H](C4CCN(S(C)(=O)=O)CC4)CN3C(=O)N3CCC(CN(C(=O)O)C(C)(C)C)CC3)nc2Cl)cc1. The summed E-state index contributed by atoms with van der Waals surface area (Å²) in [5.74, 6) is 1.14. The Kier molecular flexibility index (Phi) is 11.0. The summed E-state index contributed by atoms with van der Waals surface area (Å²) < 4.78 is 30.5. The molecule has 1 aromatic carbocycles. The minimum Gasteiger partial charge on any atom is -0.465 e. The fraction of sp³-hybridized carbons (Fsp3) is 0.636. The summed E-state index contributed by atoms with van der Waals surface area (Å²) in [5.41, 5.74) is 1.40. The number of hydrogen-bond donors (Lipinski definition) is 3. The Bertz CT molecular complexity index is 1610. The smallest absolute Gasteiger partial charge is 0.411 e. The monoisotopic (exact) mass is 721 g/mol. The van der Waals surface area contributed by atoms with Gasteiger partial charge >= 0.3 is 18.2 Å². The van der Waals surface area contributed by atoms with Crippen molar-refractivity contribution in [1.29, 1.82) is 0 Å². The third-order valence-corrected chi connectivity index (χ3v) is 11.8. The number of ether oxygens (including phenoxy) is 1. The van der Waals surface area contributed by atoms with Gasteiger partial charge in [-0.25, -0.2) is 32.1 Å². The van der Waals surface area contributed by atoms with E-state index < -0.39 is 27.7 Å². The minimum atomic E-state index is -3.26. The van der Waals surface area contributed by atoms with Crippen LogP contribution in [0.25, 0.3) is 11.3 Å². The van der Waals surface area contributed by atoms with E-state index in [-0.39, 0.29) is 35.0 Å². The fourth-order valence-corrected chi connectivity index (χ4v) is 8.47. The normalized spacial score (nSPS) is 21.5.